The van der Waals surface area contributed by atoms with Crippen LogP contribution >= 0.6 is 0 Å². The van der Waals surface area contributed by atoms with Crippen molar-refractivity contribution in [1.82, 2.24) is 0 Å². The van der Waals surface area contributed by atoms with Crippen molar-refractivity contribution in [1.29, 1.82) is 0 Å². The number of furan rings is 1. The van der Waals surface area contributed by atoms with Crippen LogP contribution in [0.2, 0.25) is 0 Å². The molecule has 0 spiro atoms. The molecular formula is C18H13N2O6-. The molecule has 0 amide bonds. The van der Waals surface area contributed by atoms with Gasteiger partial charge in [0.05, 0.1) is 17.0 Å². The number of rotatable bonds is 6. The summed E-state index contributed by atoms with van der Waals surface area (Å²) in [5.41, 5.74) is 0.873. The van der Waals surface area contributed by atoms with E-state index in [1.54, 1.807) is 24.3 Å². The Bertz CT molecular complexity index is 962. The fourth-order valence-corrected chi connectivity index (χ4v) is 2.37. The maximum absolute atomic E-state index is 11.5. The minimum atomic E-state index is -1.29. The molecule has 0 radical (unpaired) electrons. The fraction of sp³-hybridized carbons (Fsp3) is 0.0556. The molecule has 0 fully saturated rings. The number of aromatic carboxylic acids is 1. The number of nitro benzene ring substituents is 1. The number of nitrogens with one attached hydrogen (secondary N) is 1. The summed E-state index contributed by atoms with van der Waals surface area (Å²) < 4.78 is 5.66. The second kappa shape index (κ2) is 6.98. The molecule has 3 aromatic rings. The Kier molecular flexibility index (Phi) is 4.57. The van der Waals surface area contributed by atoms with Crippen LogP contribution in [0.4, 0.5) is 11.4 Å². The lowest BCUT2D eigenvalue weighted by Crippen LogP contribution is -2.03. The van der Waals surface area contributed by atoms with Crippen LogP contribution in [-0.2, 0) is 6.54 Å². The Balaban J connectivity index is 1.71. The van der Waals surface area contributed by atoms with Crippen molar-refractivity contribution in [3.8, 4) is 17.1 Å². The summed E-state index contributed by atoms with van der Waals surface area (Å²) >= 11 is 0. The summed E-state index contributed by atoms with van der Waals surface area (Å²) in [5, 5.41) is 34.2. The van der Waals surface area contributed by atoms with Crippen LogP contribution in [0.15, 0.2) is 59.0 Å². The molecule has 0 atom stereocenters. The molecular weight excluding hydrogens is 340 g/mol. The molecule has 0 unspecified atom stereocenters. The maximum Gasteiger partial charge on any atom is 0.335 e. The van der Waals surface area contributed by atoms with Crippen molar-refractivity contribution in [3.63, 3.8) is 0 Å². The van der Waals surface area contributed by atoms with Crippen LogP contribution in [0.1, 0.15) is 16.1 Å². The standard InChI is InChI=1S/C18H14N2O6/c21-16-7-1-11(9-15(16)18(22)23)17-8-6-14(26-17)10-19-12-2-4-13(5-3-12)20(24)25/h1-9,19,21H,10H2,(H,22,23)/p-1. The molecule has 0 saturated carbocycles. The van der Waals surface area contributed by atoms with E-state index in [4.69, 9.17) is 9.52 Å². The highest BCUT2D eigenvalue weighted by molar-refractivity contribution is 5.92. The first-order valence-corrected chi connectivity index (χ1v) is 7.56. The monoisotopic (exact) mass is 353 g/mol. The number of benzene rings is 2. The van der Waals surface area contributed by atoms with Gasteiger partial charge in [0.2, 0.25) is 0 Å². The highest BCUT2D eigenvalue weighted by atomic mass is 16.6. The van der Waals surface area contributed by atoms with Gasteiger partial charge in [-0.25, -0.2) is 4.79 Å². The van der Waals surface area contributed by atoms with E-state index in [1.807, 2.05) is 0 Å². The normalized spacial score (nSPS) is 10.5. The molecule has 0 aliphatic heterocycles. The number of nitro groups is 1. The van der Waals surface area contributed by atoms with Gasteiger partial charge in [0, 0.05) is 23.4 Å². The molecule has 26 heavy (non-hydrogen) atoms. The number of carbonyl (C=O) groups is 1. The molecule has 132 valence electrons. The van der Waals surface area contributed by atoms with Crippen molar-refractivity contribution in [2.24, 2.45) is 0 Å². The first kappa shape index (κ1) is 17.0. The molecule has 0 aliphatic carbocycles. The number of nitrogens with zero attached hydrogens (tertiary/aromatic N) is 1. The van der Waals surface area contributed by atoms with Gasteiger partial charge in [0.1, 0.15) is 11.5 Å². The van der Waals surface area contributed by atoms with E-state index in [0.717, 1.165) is 0 Å². The van der Waals surface area contributed by atoms with Crippen molar-refractivity contribution >= 4 is 17.3 Å². The van der Waals surface area contributed by atoms with E-state index in [-0.39, 0.29) is 11.3 Å². The lowest BCUT2D eigenvalue weighted by Gasteiger charge is -2.10. The van der Waals surface area contributed by atoms with E-state index >= 15 is 0 Å². The molecule has 2 N–H and O–H groups in total. The molecule has 3 rings (SSSR count). The topological polar surface area (TPSA) is 129 Å². The van der Waals surface area contributed by atoms with Gasteiger partial charge in [-0.2, -0.15) is 0 Å². The van der Waals surface area contributed by atoms with E-state index in [0.29, 0.717) is 29.3 Å². The molecule has 0 saturated heterocycles. The second-order valence-corrected chi connectivity index (χ2v) is 5.44. The van der Waals surface area contributed by atoms with Crippen LogP contribution in [0.3, 0.4) is 0 Å². The average Bonchev–Trinajstić information content (AvgIpc) is 3.09. The lowest BCUT2D eigenvalue weighted by molar-refractivity contribution is -0.384. The van der Waals surface area contributed by atoms with Gasteiger partial charge in [0.15, 0.2) is 0 Å². The summed E-state index contributed by atoms with van der Waals surface area (Å²) in [4.78, 5) is 21.2. The van der Waals surface area contributed by atoms with Gasteiger partial charge >= 0.3 is 5.97 Å². The van der Waals surface area contributed by atoms with Crippen LogP contribution in [0.5, 0.6) is 5.75 Å². The number of hydrogen-bond donors (Lipinski definition) is 2. The predicted octanol–water partition coefficient (Wildman–Crippen LogP) is 3.24. The fourth-order valence-electron chi connectivity index (χ4n) is 2.37. The molecule has 2 aromatic carbocycles. The summed E-state index contributed by atoms with van der Waals surface area (Å²) in [5.74, 6) is -0.828. The van der Waals surface area contributed by atoms with Crippen molar-refractivity contribution < 1.29 is 24.3 Å². The Labute approximate surface area is 147 Å². The quantitative estimate of drug-likeness (QED) is 0.514. The molecule has 0 bridgehead atoms. The Hall–Kier alpha value is -3.81. The summed E-state index contributed by atoms with van der Waals surface area (Å²) in [6, 6.07) is 13.3. The first-order valence-electron chi connectivity index (χ1n) is 7.56. The Morgan fingerprint density at radius 1 is 1.12 bits per heavy atom. The highest BCUT2D eigenvalue weighted by Gasteiger charge is 2.10. The maximum atomic E-state index is 11.5. The molecule has 8 nitrogen and oxygen atoms in total. The third kappa shape index (κ3) is 3.64. The zero-order chi connectivity index (χ0) is 18.7. The van der Waals surface area contributed by atoms with E-state index in [9.17, 15) is 20.0 Å². The van der Waals surface area contributed by atoms with E-state index < -0.39 is 16.6 Å². The highest BCUT2D eigenvalue weighted by Crippen LogP contribution is 2.27. The van der Waals surface area contributed by atoms with Crippen molar-refractivity contribution in [2.45, 2.75) is 6.54 Å². The summed E-state index contributed by atoms with van der Waals surface area (Å²) in [7, 11) is 0. The second-order valence-electron chi connectivity index (χ2n) is 5.44. The molecule has 0 aliphatic rings. The number of anilines is 1. The van der Waals surface area contributed by atoms with Gasteiger partial charge in [0.25, 0.3) is 5.69 Å². The van der Waals surface area contributed by atoms with Crippen LogP contribution < -0.4 is 10.4 Å². The SMILES string of the molecule is O=C(O)c1cc(-c2ccc(CNc3ccc([N+](=O)[O-])cc3)o2)ccc1[O-]. The minimum absolute atomic E-state index is 0.00638. The Morgan fingerprint density at radius 2 is 1.85 bits per heavy atom. The van der Waals surface area contributed by atoms with Gasteiger partial charge in [-0.3, -0.25) is 10.1 Å². The van der Waals surface area contributed by atoms with Crippen LogP contribution in [-0.4, -0.2) is 16.0 Å². The third-order valence-corrected chi connectivity index (χ3v) is 3.70. The van der Waals surface area contributed by atoms with E-state index in [2.05, 4.69) is 5.32 Å². The van der Waals surface area contributed by atoms with E-state index in [1.165, 1.54) is 30.3 Å². The number of carboxylic acids is 1. The molecule has 1 heterocycles. The van der Waals surface area contributed by atoms with Gasteiger partial charge < -0.3 is 19.9 Å². The number of carboxylic acid groups (broad SMARTS) is 1. The zero-order valence-electron chi connectivity index (χ0n) is 13.3. The van der Waals surface area contributed by atoms with Gasteiger partial charge in [-0.1, -0.05) is 17.9 Å². The Morgan fingerprint density at radius 3 is 2.50 bits per heavy atom. The number of non-ortho nitro benzene ring substituents is 1. The van der Waals surface area contributed by atoms with Crippen molar-refractivity contribution in [2.75, 3.05) is 5.32 Å². The first-order chi connectivity index (χ1) is 12.4. The predicted molar refractivity (Wildman–Crippen MR) is 91.0 cm³/mol. The lowest BCUT2D eigenvalue weighted by atomic mass is 10.1. The average molecular weight is 353 g/mol. The molecule has 1 aromatic heterocycles. The third-order valence-electron chi connectivity index (χ3n) is 3.70. The minimum Gasteiger partial charge on any atom is -0.872 e. The summed E-state index contributed by atoms with van der Waals surface area (Å²) in [6.45, 7) is 0.337. The van der Waals surface area contributed by atoms with Gasteiger partial charge in [-0.05, 0) is 30.3 Å². The van der Waals surface area contributed by atoms with Crippen LogP contribution in [0, 0.1) is 10.1 Å². The number of hydrogen-bond acceptors (Lipinski definition) is 6. The van der Waals surface area contributed by atoms with Crippen molar-refractivity contribution in [3.05, 3.63) is 76.0 Å². The van der Waals surface area contributed by atoms with Gasteiger partial charge in [-0.15, -0.1) is 0 Å². The largest absolute Gasteiger partial charge is 0.872 e. The smallest absolute Gasteiger partial charge is 0.335 e. The molecule has 8 heteroatoms. The van der Waals surface area contributed by atoms with Crippen LogP contribution in [0.25, 0.3) is 11.3 Å². The zero-order valence-corrected chi connectivity index (χ0v) is 13.3. The summed E-state index contributed by atoms with van der Waals surface area (Å²) in [6.07, 6.45) is 0.